The van der Waals surface area contributed by atoms with Crippen molar-refractivity contribution in [1.82, 2.24) is 14.5 Å². The molecule has 0 bridgehead atoms. The molecule has 0 spiro atoms. The predicted molar refractivity (Wildman–Crippen MR) is 129 cm³/mol. The van der Waals surface area contributed by atoms with Gasteiger partial charge in [0.2, 0.25) is 5.95 Å². The normalized spacial score (nSPS) is 11.5. The van der Waals surface area contributed by atoms with Crippen LogP contribution in [-0.2, 0) is 11.8 Å². The Kier molecular flexibility index (Phi) is 6.55. The van der Waals surface area contributed by atoms with Gasteiger partial charge in [0.25, 0.3) is 0 Å². The van der Waals surface area contributed by atoms with Gasteiger partial charge in [0.05, 0.1) is 12.8 Å². The van der Waals surface area contributed by atoms with Gasteiger partial charge in [-0.25, -0.2) is 14.6 Å². The van der Waals surface area contributed by atoms with Gasteiger partial charge in [-0.15, -0.1) is 0 Å². The number of aromatic nitrogens is 3. The number of benzene rings is 2. The Hall–Kier alpha value is -4.55. The first kappa shape index (κ1) is 25.5. The molecule has 0 aliphatic heterocycles. The molecule has 0 amide bonds. The number of alkyl halides is 3. The van der Waals surface area contributed by atoms with Crippen molar-refractivity contribution in [2.24, 2.45) is 7.05 Å². The number of aryl methyl sites for hydroxylation is 3. The molecule has 2 aromatic carbocycles. The van der Waals surface area contributed by atoms with Crippen LogP contribution < -0.4 is 25.9 Å². The van der Waals surface area contributed by atoms with Crippen LogP contribution in [0.2, 0.25) is 0 Å². The predicted octanol–water partition coefficient (Wildman–Crippen LogP) is 4.81. The second kappa shape index (κ2) is 9.48. The average Bonchev–Trinajstić information content (AvgIpc) is 3.12. The topological polar surface area (TPSA) is 121 Å². The van der Waals surface area contributed by atoms with Gasteiger partial charge in [-0.05, 0) is 50.1 Å². The highest BCUT2D eigenvalue weighted by Crippen LogP contribution is 2.37. The van der Waals surface area contributed by atoms with Crippen molar-refractivity contribution in [2.75, 3.05) is 17.7 Å². The van der Waals surface area contributed by atoms with Crippen molar-refractivity contribution in [1.29, 1.82) is 0 Å². The van der Waals surface area contributed by atoms with Crippen molar-refractivity contribution in [3.05, 3.63) is 57.7 Å². The second-order valence-corrected chi connectivity index (χ2v) is 8.20. The molecule has 2 aromatic heterocycles. The fourth-order valence-electron chi connectivity index (χ4n) is 3.56. The number of fused-ring (bicyclic) bond motifs is 1. The number of ether oxygens (including phenoxy) is 2. The van der Waals surface area contributed by atoms with E-state index in [4.69, 9.17) is 9.15 Å². The molecular weight excluding hydrogens is 495 g/mol. The fourth-order valence-corrected chi connectivity index (χ4v) is 3.56. The van der Waals surface area contributed by atoms with Crippen LogP contribution in [0.1, 0.15) is 16.7 Å². The highest BCUT2D eigenvalue weighted by molar-refractivity contribution is 5.92. The summed E-state index contributed by atoms with van der Waals surface area (Å²) in [5, 5.41) is 5.95. The van der Waals surface area contributed by atoms with Crippen LogP contribution in [0.5, 0.6) is 11.5 Å². The summed E-state index contributed by atoms with van der Waals surface area (Å²) < 4.78 is 55.1. The zero-order valence-electron chi connectivity index (χ0n) is 20.4. The number of oxazole rings is 1. The number of methoxy groups -OCH3 is 1. The average molecular weight is 517 g/mol. The largest absolute Gasteiger partial charge is 0.496 e. The molecule has 194 valence electrons. The van der Waals surface area contributed by atoms with Crippen molar-refractivity contribution in [2.45, 2.75) is 26.9 Å². The summed E-state index contributed by atoms with van der Waals surface area (Å²) in [7, 11) is 2.84. The summed E-state index contributed by atoms with van der Waals surface area (Å²) in [6.07, 6.45) is -3.76. The third kappa shape index (κ3) is 5.06. The number of nitrogens with zero attached hydrogens (tertiary/aromatic N) is 3. The number of rotatable bonds is 6. The van der Waals surface area contributed by atoms with Gasteiger partial charge < -0.3 is 24.5 Å². The Morgan fingerprint density at radius 1 is 1.11 bits per heavy atom. The van der Waals surface area contributed by atoms with E-state index in [0.29, 0.717) is 17.0 Å². The molecule has 13 heteroatoms. The van der Waals surface area contributed by atoms with E-state index in [1.54, 1.807) is 20.1 Å². The van der Waals surface area contributed by atoms with Crippen molar-refractivity contribution >= 4 is 40.2 Å². The molecule has 0 aliphatic carbocycles. The van der Waals surface area contributed by atoms with Gasteiger partial charge in [-0.3, -0.25) is 4.57 Å². The summed E-state index contributed by atoms with van der Waals surface area (Å²) in [4.78, 5) is 32.3. The Balaban J connectivity index is 1.74. The van der Waals surface area contributed by atoms with E-state index in [1.807, 2.05) is 19.9 Å². The zero-order chi connectivity index (χ0) is 27.1. The first-order valence-corrected chi connectivity index (χ1v) is 10.8. The summed E-state index contributed by atoms with van der Waals surface area (Å²) in [6.45, 7) is 5.53. The molecule has 0 fully saturated rings. The molecule has 4 rings (SSSR count). The van der Waals surface area contributed by atoms with Gasteiger partial charge >= 0.3 is 17.9 Å². The third-order valence-electron chi connectivity index (χ3n) is 5.65. The van der Waals surface area contributed by atoms with Gasteiger partial charge in [0.1, 0.15) is 17.1 Å². The molecule has 4 aromatic rings. The molecule has 0 unspecified atom stereocenters. The fraction of sp³-hybridized carbons (Fsp3) is 0.250. The van der Waals surface area contributed by atoms with Crippen LogP contribution in [0.3, 0.4) is 0 Å². The lowest BCUT2D eigenvalue weighted by molar-refractivity contribution is -0.189. The van der Waals surface area contributed by atoms with Gasteiger partial charge in [-0.1, -0.05) is 0 Å². The number of nitrogens with one attached hydrogen (secondary N) is 2. The minimum atomic E-state index is -5.27. The quantitative estimate of drug-likeness (QED) is 0.274. The molecule has 0 atom stereocenters. The maximum Gasteiger partial charge on any atom is 0.491 e. The van der Waals surface area contributed by atoms with Crippen LogP contribution in [0.15, 0.2) is 39.7 Å². The number of hydrogen-bond acceptors (Lipinski definition) is 9. The lowest BCUT2D eigenvalue weighted by Gasteiger charge is -2.16. The van der Waals surface area contributed by atoms with Crippen molar-refractivity contribution in [3.8, 4) is 11.5 Å². The standard InChI is InChI=1S/C24H22F3N5O5/c1-11-8-14(9-17(35-5)13(11)3)29-22-28-10-12(2)20(31-22)30-15-6-7-16-18(32(4)23(34)36-16)19(15)37-21(33)24(25,26)27/h6-10H,1-5H3,(H2,28,29,30,31). The summed E-state index contributed by atoms with van der Waals surface area (Å²) in [5.41, 5.74) is 2.89. The lowest BCUT2D eigenvalue weighted by atomic mass is 10.1. The van der Waals surface area contributed by atoms with Crippen LogP contribution >= 0.6 is 0 Å². The summed E-state index contributed by atoms with van der Waals surface area (Å²) >= 11 is 0. The number of carbonyl (C=O) groups is 1. The van der Waals surface area contributed by atoms with Gasteiger partial charge in [0.15, 0.2) is 11.3 Å². The number of esters is 1. The molecular formula is C24H22F3N5O5. The number of carbonyl (C=O) groups excluding carboxylic acids is 1. The lowest BCUT2D eigenvalue weighted by Crippen LogP contribution is -2.28. The van der Waals surface area contributed by atoms with E-state index in [2.05, 4.69) is 25.3 Å². The second-order valence-electron chi connectivity index (χ2n) is 8.20. The molecule has 2 N–H and O–H groups in total. The SMILES string of the molecule is COc1cc(Nc2ncc(C)c(Nc3ccc4oc(=O)n(C)c4c3OC(=O)C(F)(F)F)n2)cc(C)c1C. The smallest absolute Gasteiger partial charge is 0.491 e. The highest BCUT2D eigenvalue weighted by atomic mass is 19.4. The molecule has 0 aliphatic rings. The van der Waals surface area contributed by atoms with Crippen LogP contribution in [-0.4, -0.2) is 33.8 Å². The van der Waals surface area contributed by atoms with Crippen LogP contribution in [0.25, 0.3) is 11.1 Å². The Bertz CT molecular complexity index is 1580. The maximum atomic E-state index is 13.0. The number of hydrogen-bond donors (Lipinski definition) is 2. The summed E-state index contributed by atoms with van der Waals surface area (Å²) in [6, 6.07) is 6.34. The molecule has 2 heterocycles. The molecule has 0 saturated heterocycles. The van der Waals surface area contributed by atoms with Crippen LogP contribution in [0.4, 0.5) is 36.3 Å². The van der Waals surface area contributed by atoms with Gasteiger partial charge in [-0.2, -0.15) is 18.2 Å². The monoisotopic (exact) mass is 517 g/mol. The first-order chi connectivity index (χ1) is 17.4. The number of halogens is 3. The summed E-state index contributed by atoms with van der Waals surface area (Å²) in [5.74, 6) is -2.77. The third-order valence-corrected chi connectivity index (χ3v) is 5.65. The van der Waals surface area contributed by atoms with Crippen LogP contribution in [0, 0.1) is 20.8 Å². The van der Waals surface area contributed by atoms with E-state index >= 15 is 0 Å². The Labute approximate surface area is 208 Å². The van der Waals surface area contributed by atoms with Crippen molar-refractivity contribution < 1.29 is 31.9 Å². The minimum Gasteiger partial charge on any atom is -0.496 e. The number of anilines is 4. The molecule has 0 radical (unpaired) electrons. The molecule has 37 heavy (non-hydrogen) atoms. The van der Waals surface area contributed by atoms with E-state index in [9.17, 15) is 22.8 Å². The maximum absolute atomic E-state index is 13.0. The van der Waals surface area contributed by atoms with E-state index in [0.717, 1.165) is 15.7 Å². The van der Waals surface area contributed by atoms with E-state index < -0.39 is 23.7 Å². The molecule has 0 saturated carbocycles. The minimum absolute atomic E-state index is 0.0536. The first-order valence-electron chi connectivity index (χ1n) is 10.8. The van der Waals surface area contributed by atoms with E-state index in [1.165, 1.54) is 25.4 Å². The van der Waals surface area contributed by atoms with Gasteiger partial charge in [0, 0.05) is 30.6 Å². The van der Waals surface area contributed by atoms with Crippen molar-refractivity contribution in [3.63, 3.8) is 0 Å². The Morgan fingerprint density at radius 2 is 1.84 bits per heavy atom. The Morgan fingerprint density at radius 3 is 2.51 bits per heavy atom. The van der Waals surface area contributed by atoms with E-state index in [-0.39, 0.29) is 28.6 Å². The highest BCUT2D eigenvalue weighted by Gasteiger charge is 2.42. The molecule has 10 nitrogen and oxygen atoms in total. The zero-order valence-corrected chi connectivity index (χ0v) is 20.4.